The first-order valence-corrected chi connectivity index (χ1v) is 9.54. The molecule has 0 unspecified atom stereocenters. The van der Waals surface area contributed by atoms with Gasteiger partial charge < -0.3 is 15.5 Å². The Balaban J connectivity index is 1.39. The third kappa shape index (κ3) is 4.12. The molecule has 1 aliphatic heterocycles. The average molecular weight is 405 g/mol. The lowest BCUT2D eigenvalue weighted by Crippen LogP contribution is -2.31. The Morgan fingerprint density at radius 2 is 2.00 bits per heavy atom. The summed E-state index contributed by atoms with van der Waals surface area (Å²) in [6.07, 6.45) is 3.50. The summed E-state index contributed by atoms with van der Waals surface area (Å²) >= 11 is 0. The van der Waals surface area contributed by atoms with E-state index in [1.54, 1.807) is 47.5 Å². The van der Waals surface area contributed by atoms with Gasteiger partial charge in [0.2, 0.25) is 11.9 Å². The number of carbonyl (C=O) groups is 2. The second kappa shape index (κ2) is 8.28. The molecule has 8 heteroatoms. The molecule has 1 atom stereocenters. The molecular weight excluding hydrogens is 385 g/mol. The van der Waals surface area contributed by atoms with E-state index in [0.29, 0.717) is 35.7 Å². The fraction of sp³-hybridized carbons (Fsp3) is 0.182. The number of benzene rings is 2. The average Bonchev–Trinajstić information content (AvgIpc) is 3.23. The maximum atomic E-state index is 14.0. The molecule has 4 rings (SSSR count). The normalized spacial score (nSPS) is 15.8. The third-order valence-electron chi connectivity index (χ3n) is 4.96. The van der Waals surface area contributed by atoms with Crippen LogP contribution in [0.2, 0.25) is 0 Å². The number of amides is 2. The third-order valence-corrected chi connectivity index (χ3v) is 4.96. The second-order valence-electron chi connectivity index (χ2n) is 7.02. The summed E-state index contributed by atoms with van der Waals surface area (Å²) in [5.41, 5.74) is 1.40. The zero-order valence-electron chi connectivity index (χ0n) is 16.1. The maximum absolute atomic E-state index is 14.0. The van der Waals surface area contributed by atoms with Crippen molar-refractivity contribution in [3.8, 4) is 0 Å². The topological polar surface area (TPSA) is 87.2 Å². The van der Waals surface area contributed by atoms with Crippen LogP contribution in [0.5, 0.6) is 0 Å². The van der Waals surface area contributed by atoms with Crippen LogP contribution in [0.4, 0.5) is 16.0 Å². The SMILES string of the molecule is C=CC(=O)Nc1ccc(C(=O)N2CC[C@H](Nc3ncc4cccc(F)c4n3)C2)cc1. The van der Waals surface area contributed by atoms with Gasteiger partial charge >= 0.3 is 0 Å². The van der Waals surface area contributed by atoms with Gasteiger partial charge in [-0.15, -0.1) is 0 Å². The van der Waals surface area contributed by atoms with Gasteiger partial charge in [-0.2, -0.15) is 0 Å². The number of carbonyl (C=O) groups excluding carboxylic acids is 2. The summed E-state index contributed by atoms with van der Waals surface area (Å²) in [6, 6.07) is 11.4. The highest BCUT2D eigenvalue weighted by molar-refractivity contribution is 5.99. The largest absolute Gasteiger partial charge is 0.350 e. The van der Waals surface area contributed by atoms with E-state index in [9.17, 15) is 14.0 Å². The van der Waals surface area contributed by atoms with Crippen LogP contribution in [0.3, 0.4) is 0 Å². The summed E-state index contributed by atoms with van der Waals surface area (Å²) in [5, 5.41) is 6.48. The van der Waals surface area contributed by atoms with Crippen molar-refractivity contribution >= 4 is 34.4 Å². The molecule has 1 aromatic heterocycles. The van der Waals surface area contributed by atoms with Crippen LogP contribution >= 0.6 is 0 Å². The molecule has 2 heterocycles. The quantitative estimate of drug-likeness (QED) is 0.637. The van der Waals surface area contributed by atoms with Gasteiger partial charge in [0.05, 0.1) is 0 Å². The zero-order chi connectivity index (χ0) is 21.1. The van der Waals surface area contributed by atoms with E-state index < -0.39 is 5.82 Å². The van der Waals surface area contributed by atoms with Crippen molar-refractivity contribution in [1.82, 2.24) is 14.9 Å². The summed E-state index contributed by atoms with van der Waals surface area (Å²) in [7, 11) is 0. The highest BCUT2D eigenvalue weighted by Gasteiger charge is 2.27. The first-order valence-electron chi connectivity index (χ1n) is 9.54. The van der Waals surface area contributed by atoms with Gasteiger partial charge in [-0.3, -0.25) is 9.59 Å². The van der Waals surface area contributed by atoms with Crippen molar-refractivity contribution in [2.75, 3.05) is 23.7 Å². The van der Waals surface area contributed by atoms with Gasteiger partial charge in [0.15, 0.2) is 0 Å². The highest BCUT2D eigenvalue weighted by Crippen LogP contribution is 2.20. The van der Waals surface area contributed by atoms with E-state index in [1.165, 1.54) is 12.1 Å². The maximum Gasteiger partial charge on any atom is 0.253 e. The molecule has 7 nitrogen and oxygen atoms in total. The molecule has 2 amide bonds. The van der Waals surface area contributed by atoms with Gasteiger partial charge in [0, 0.05) is 42.0 Å². The lowest BCUT2D eigenvalue weighted by atomic mass is 10.2. The first-order chi connectivity index (χ1) is 14.5. The molecule has 0 bridgehead atoms. The van der Waals surface area contributed by atoms with E-state index in [4.69, 9.17) is 0 Å². The number of aromatic nitrogens is 2. The standard InChI is InChI=1S/C22H20FN5O2/c1-2-19(29)25-16-8-6-14(7-9-16)21(30)28-11-10-17(13-28)26-22-24-12-15-4-3-5-18(23)20(15)27-22/h2-9,12,17H,1,10-11,13H2,(H,25,29)(H,24,26,27)/t17-/m0/s1. The fourth-order valence-electron chi connectivity index (χ4n) is 3.41. The minimum absolute atomic E-state index is 0.0238. The van der Waals surface area contributed by atoms with Crippen molar-refractivity contribution in [3.63, 3.8) is 0 Å². The molecule has 2 aromatic carbocycles. The van der Waals surface area contributed by atoms with E-state index in [1.807, 2.05) is 0 Å². The lowest BCUT2D eigenvalue weighted by molar-refractivity contribution is -0.111. The van der Waals surface area contributed by atoms with Gasteiger partial charge in [-0.1, -0.05) is 18.7 Å². The number of halogens is 1. The fourth-order valence-corrected chi connectivity index (χ4v) is 3.41. The van der Waals surface area contributed by atoms with Crippen LogP contribution < -0.4 is 10.6 Å². The summed E-state index contributed by atoms with van der Waals surface area (Å²) in [6.45, 7) is 4.49. The highest BCUT2D eigenvalue weighted by atomic mass is 19.1. The first kappa shape index (κ1) is 19.5. The number of hydrogen-bond donors (Lipinski definition) is 2. The molecule has 152 valence electrons. The zero-order valence-corrected chi connectivity index (χ0v) is 16.1. The predicted octanol–water partition coefficient (Wildman–Crippen LogP) is 3.22. The van der Waals surface area contributed by atoms with Gasteiger partial charge in [-0.25, -0.2) is 14.4 Å². The Hall–Kier alpha value is -3.81. The number of hydrogen-bond acceptors (Lipinski definition) is 5. The summed E-state index contributed by atoms with van der Waals surface area (Å²) in [5.74, 6) is -0.451. The Bertz CT molecular complexity index is 1120. The molecule has 2 N–H and O–H groups in total. The lowest BCUT2D eigenvalue weighted by Gasteiger charge is -2.17. The Labute approximate surface area is 172 Å². The van der Waals surface area contributed by atoms with Crippen LogP contribution in [0, 0.1) is 5.82 Å². The number of nitrogens with one attached hydrogen (secondary N) is 2. The van der Waals surface area contributed by atoms with Crippen LogP contribution in [-0.4, -0.2) is 45.8 Å². The van der Waals surface area contributed by atoms with Crippen molar-refractivity contribution in [3.05, 3.63) is 72.7 Å². The van der Waals surface area contributed by atoms with E-state index in [0.717, 1.165) is 6.42 Å². The van der Waals surface area contributed by atoms with Gasteiger partial charge in [-0.05, 0) is 42.8 Å². The van der Waals surface area contributed by atoms with Crippen LogP contribution in [0.25, 0.3) is 10.9 Å². The summed E-state index contributed by atoms with van der Waals surface area (Å²) < 4.78 is 14.0. The smallest absolute Gasteiger partial charge is 0.253 e. The monoisotopic (exact) mass is 405 g/mol. The molecule has 0 radical (unpaired) electrons. The van der Waals surface area contributed by atoms with Crippen molar-refractivity contribution in [2.24, 2.45) is 0 Å². The van der Waals surface area contributed by atoms with Crippen LogP contribution in [-0.2, 0) is 4.79 Å². The molecule has 0 saturated carbocycles. The number of rotatable bonds is 5. The molecule has 1 saturated heterocycles. The second-order valence-corrected chi connectivity index (χ2v) is 7.02. The van der Waals surface area contributed by atoms with E-state index in [2.05, 4.69) is 27.2 Å². The molecule has 0 aliphatic carbocycles. The van der Waals surface area contributed by atoms with E-state index in [-0.39, 0.29) is 23.4 Å². The van der Waals surface area contributed by atoms with Gasteiger partial charge in [0.1, 0.15) is 11.3 Å². The van der Waals surface area contributed by atoms with E-state index >= 15 is 0 Å². The minimum Gasteiger partial charge on any atom is -0.350 e. The van der Waals surface area contributed by atoms with Crippen LogP contribution in [0.15, 0.2) is 61.3 Å². The van der Waals surface area contributed by atoms with Gasteiger partial charge in [0.25, 0.3) is 5.91 Å². The number of likely N-dealkylation sites (tertiary alicyclic amines) is 1. The Morgan fingerprint density at radius 1 is 1.20 bits per heavy atom. The summed E-state index contributed by atoms with van der Waals surface area (Å²) in [4.78, 5) is 34.4. The molecule has 3 aromatic rings. The number of para-hydroxylation sites is 1. The van der Waals surface area contributed by atoms with Crippen LogP contribution in [0.1, 0.15) is 16.8 Å². The number of anilines is 2. The van der Waals surface area contributed by atoms with Crippen molar-refractivity contribution in [1.29, 1.82) is 0 Å². The number of nitrogens with zero attached hydrogens (tertiary/aromatic N) is 3. The molecule has 1 aliphatic rings. The van der Waals surface area contributed by atoms with Crippen molar-refractivity contribution < 1.29 is 14.0 Å². The minimum atomic E-state index is -0.395. The Morgan fingerprint density at radius 3 is 2.77 bits per heavy atom. The molecule has 0 spiro atoms. The Kier molecular flexibility index (Phi) is 5.38. The predicted molar refractivity (Wildman–Crippen MR) is 113 cm³/mol. The van der Waals surface area contributed by atoms with Crippen molar-refractivity contribution in [2.45, 2.75) is 12.5 Å². The molecule has 30 heavy (non-hydrogen) atoms. The molecule has 1 fully saturated rings. The number of fused-ring (bicyclic) bond motifs is 1. The molecular formula is C22H20FN5O2.